The van der Waals surface area contributed by atoms with Crippen molar-refractivity contribution in [2.24, 2.45) is 0 Å². The smallest absolute Gasteiger partial charge is 0.101 e. The molecule has 102 valence electrons. The minimum atomic E-state index is 0.626. The van der Waals surface area contributed by atoms with Gasteiger partial charge in [-0.25, -0.2) is 0 Å². The van der Waals surface area contributed by atoms with Gasteiger partial charge in [-0.2, -0.15) is 5.26 Å². The van der Waals surface area contributed by atoms with Crippen molar-refractivity contribution in [3.8, 4) is 6.07 Å². The number of hydrogen-bond donors (Lipinski definition) is 1. The number of rotatable bonds is 5. The molecule has 0 bridgehead atoms. The van der Waals surface area contributed by atoms with E-state index in [2.05, 4.69) is 30.0 Å². The second-order valence-corrected chi connectivity index (χ2v) is 4.80. The van der Waals surface area contributed by atoms with Crippen molar-refractivity contribution >= 4 is 11.4 Å². The van der Waals surface area contributed by atoms with Crippen LogP contribution in [0, 0.1) is 11.3 Å². The van der Waals surface area contributed by atoms with Crippen molar-refractivity contribution in [1.29, 1.82) is 5.26 Å². The van der Waals surface area contributed by atoms with Crippen molar-refractivity contribution in [2.45, 2.75) is 19.9 Å². The lowest BCUT2D eigenvalue weighted by Gasteiger charge is -2.25. The number of nitrogens with two attached hydrogens (primary N) is 1. The predicted octanol–water partition coefficient (Wildman–Crippen LogP) is 3.56. The fourth-order valence-electron chi connectivity index (χ4n) is 2.28. The molecule has 0 amide bonds. The summed E-state index contributed by atoms with van der Waals surface area (Å²) in [5.41, 5.74) is 9.21. The van der Waals surface area contributed by atoms with Crippen LogP contribution in [0.2, 0.25) is 0 Å². The maximum atomic E-state index is 9.29. The molecule has 0 unspecified atom stereocenters. The first-order valence-electron chi connectivity index (χ1n) is 6.83. The minimum Gasteiger partial charge on any atom is -0.399 e. The highest BCUT2D eigenvalue weighted by molar-refractivity contribution is 5.64. The van der Waals surface area contributed by atoms with E-state index in [4.69, 9.17) is 5.73 Å². The molecular formula is C17H19N3. The Labute approximate surface area is 120 Å². The van der Waals surface area contributed by atoms with E-state index in [1.807, 2.05) is 30.3 Å². The van der Waals surface area contributed by atoms with Gasteiger partial charge in [-0.05, 0) is 30.2 Å². The summed E-state index contributed by atoms with van der Waals surface area (Å²) in [7, 11) is 0. The number of nitriles is 1. The Morgan fingerprint density at radius 1 is 1.15 bits per heavy atom. The molecule has 0 saturated heterocycles. The Bertz CT molecular complexity index is 599. The van der Waals surface area contributed by atoms with Crippen LogP contribution < -0.4 is 10.6 Å². The normalized spacial score (nSPS) is 10.0. The van der Waals surface area contributed by atoms with Crippen molar-refractivity contribution in [3.05, 3.63) is 59.7 Å². The van der Waals surface area contributed by atoms with Gasteiger partial charge < -0.3 is 10.6 Å². The number of nitrogen functional groups attached to an aromatic ring is 1. The fraction of sp³-hybridized carbons (Fsp3) is 0.235. The van der Waals surface area contributed by atoms with E-state index in [0.29, 0.717) is 11.3 Å². The number of anilines is 2. The van der Waals surface area contributed by atoms with Crippen LogP contribution in [-0.4, -0.2) is 6.54 Å². The van der Waals surface area contributed by atoms with Gasteiger partial charge in [0.15, 0.2) is 0 Å². The Hall–Kier alpha value is -2.47. The first kappa shape index (κ1) is 14.0. The first-order chi connectivity index (χ1) is 9.74. The molecule has 0 aromatic heterocycles. The van der Waals surface area contributed by atoms with E-state index in [9.17, 15) is 5.26 Å². The highest BCUT2D eigenvalue weighted by Gasteiger charge is 2.11. The Balaban J connectivity index is 2.31. The van der Waals surface area contributed by atoms with Crippen molar-refractivity contribution < 1.29 is 0 Å². The molecular weight excluding hydrogens is 246 g/mol. The maximum absolute atomic E-state index is 9.29. The number of hydrogen-bond acceptors (Lipinski definition) is 3. The second kappa shape index (κ2) is 6.63. The molecule has 0 spiro atoms. The van der Waals surface area contributed by atoms with Crippen LogP contribution in [0.5, 0.6) is 0 Å². The van der Waals surface area contributed by atoms with Gasteiger partial charge in [-0.15, -0.1) is 0 Å². The zero-order valence-corrected chi connectivity index (χ0v) is 11.7. The standard InChI is InChI=1S/C17H19N3/c1-2-10-20(13-14-6-4-3-5-7-14)17-9-8-16(19)11-15(17)12-18/h3-9,11H,2,10,13,19H2,1H3. The van der Waals surface area contributed by atoms with Crippen LogP contribution in [0.15, 0.2) is 48.5 Å². The lowest BCUT2D eigenvalue weighted by atomic mass is 10.1. The van der Waals surface area contributed by atoms with E-state index >= 15 is 0 Å². The first-order valence-corrected chi connectivity index (χ1v) is 6.83. The minimum absolute atomic E-state index is 0.626. The van der Waals surface area contributed by atoms with Gasteiger partial charge in [0.1, 0.15) is 6.07 Å². The number of nitrogens with zero attached hydrogens (tertiary/aromatic N) is 2. The molecule has 2 N–H and O–H groups in total. The van der Waals surface area contributed by atoms with E-state index in [0.717, 1.165) is 25.2 Å². The van der Waals surface area contributed by atoms with Gasteiger partial charge in [-0.3, -0.25) is 0 Å². The molecule has 2 aromatic carbocycles. The largest absolute Gasteiger partial charge is 0.399 e. The van der Waals surface area contributed by atoms with Crippen LogP contribution in [0.25, 0.3) is 0 Å². The van der Waals surface area contributed by atoms with Gasteiger partial charge in [0.25, 0.3) is 0 Å². The Morgan fingerprint density at radius 3 is 2.55 bits per heavy atom. The zero-order valence-electron chi connectivity index (χ0n) is 11.7. The molecule has 0 aliphatic carbocycles. The molecule has 0 atom stereocenters. The van der Waals surface area contributed by atoms with Crippen molar-refractivity contribution in [2.75, 3.05) is 17.2 Å². The molecule has 0 aliphatic heterocycles. The molecule has 0 fully saturated rings. The van der Waals surface area contributed by atoms with Gasteiger partial charge in [0.2, 0.25) is 0 Å². The third-order valence-corrected chi connectivity index (χ3v) is 3.19. The summed E-state index contributed by atoms with van der Waals surface area (Å²) in [6, 6.07) is 18.1. The average molecular weight is 265 g/mol. The topological polar surface area (TPSA) is 53.0 Å². The SMILES string of the molecule is CCCN(Cc1ccccc1)c1ccc(N)cc1C#N. The van der Waals surface area contributed by atoms with Crippen LogP contribution in [0.1, 0.15) is 24.5 Å². The van der Waals surface area contributed by atoms with E-state index in [-0.39, 0.29) is 0 Å². The molecule has 0 radical (unpaired) electrons. The lowest BCUT2D eigenvalue weighted by molar-refractivity contribution is 0.766. The summed E-state index contributed by atoms with van der Waals surface area (Å²) in [5, 5.41) is 9.29. The predicted molar refractivity (Wildman–Crippen MR) is 83.4 cm³/mol. The summed E-state index contributed by atoms with van der Waals surface area (Å²) in [6.45, 7) is 3.85. The zero-order chi connectivity index (χ0) is 14.4. The second-order valence-electron chi connectivity index (χ2n) is 4.80. The molecule has 0 heterocycles. The molecule has 3 nitrogen and oxygen atoms in total. The van der Waals surface area contributed by atoms with E-state index in [1.54, 1.807) is 6.07 Å². The Kier molecular flexibility index (Phi) is 4.62. The summed E-state index contributed by atoms with van der Waals surface area (Å²) < 4.78 is 0. The average Bonchev–Trinajstić information content (AvgIpc) is 2.48. The van der Waals surface area contributed by atoms with Gasteiger partial charge in [0, 0.05) is 18.8 Å². The van der Waals surface area contributed by atoms with Gasteiger partial charge in [0.05, 0.1) is 11.3 Å². The van der Waals surface area contributed by atoms with Gasteiger partial charge in [-0.1, -0.05) is 37.3 Å². The van der Waals surface area contributed by atoms with Crippen LogP contribution >= 0.6 is 0 Å². The molecule has 0 saturated carbocycles. The maximum Gasteiger partial charge on any atom is 0.101 e. The quantitative estimate of drug-likeness (QED) is 0.841. The third kappa shape index (κ3) is 3.30. The Morgan fingerprint density at radius 2 is 1.90 bits per heavy atom. The fourth-order valence-corrected chi connectivity index (χ4v) is 2.28. The summed E-state index contributed by atoms with van der Waals surface area (Å²) in [4.78, 5) is 2.23. The summed E-state index contributed by atoms with van der Waals surface area (Å²) in [6.07, 6.45) is 1.03. The van der Waals surface area contributed by atoms with Crippen molar-refractivity contribution in [3.63, 3.8) is 0 Å². The molecule has 3 heteroatoms. The monoisotopic (exact) mass is 265 g/mol. The van der Waals surface area contributed by atoms with Crippen LogP contribution in [0.4, 0.5) is 11.4 Å². The van der Waals surface area contributed by atoms with E-state index < -0.39 is 0 Å². The molecule has 20 heavy (non-hydrogen) atoms. The summed E-state index contributed by atoms with van der Waals surface area (Å²) in [5.74, 6) is 0. The van der Waals surface area contributed by atoms with Crippen LogP contribution in [-0.2, 0) is 6.54 Å². The molecule has 2 aromatic rings. The van der Waals surface area contributed by atoms with Crippen LogP contribution in [0.3, 0.4) is 0 Å². The van der Waals surface area contributed by atoms with Gasteiger partial charge >= 0.3 is 0 Å². The highest BCUT2D eigenvalue weighted by atomic mass is 15.1. The highest BCUT2D eigenvalue weighted by Crippen LogP contribution is 2.24. The molecule has 0 aliphatic rings. The van der Waals surface area contributed by atoms with Crippen molar-refractivity contribution in [1.82, 2.24) is 0 Å². The third-order valence-electron chi connectivity index (χ3n) is 3.19. The molecule has 2 rings (SSSR count). The van der Waals surface area contributed by atoms with E-state index in [1.165, 1.54) is 5.56 Å². The number of benzene rings is 2. The summed E-state index contributed by atoms with van der Waals surface area (Å²) >= 11 is 0. The lowest BCUT2D eigenvalue weighted by Crippen LogP contribution is -2.24.